The third-order valence-corrected chi connectivity index (χ3v) is 3.16. The summed E-state index contributed by atoms with van der Waals surface area (Å²) < 4.78 is 58.2. The van der Waals surface area contributed by atoms with Gasteiger partial charge in [-0.3, -0.25) is 4.79 Å². The highest BCUT2D eigenvalue weighted by Gasteiger charge is 2.26. The van der Waals surface area contributed by atoms with Crippen LogP contribution in [0.3, 0.4) is 0 Å². The molecule has 0 saturated heterocycles. The molecule has 1 amide bonds. The SMILES string of the molecule is CC(CC(O)c1ccco1)NC(=O)c1c(F)c(F)cc(F)c1F. The minimum Gasteiger partial charge on any atom is -0.467 e. The van der Waals surface area contributed by atoms with Gasteiger partial charge in [0.05, 0.1) is 6.26 Å². The first-order valence-corrected chi connectivity index (χ1v) is 6.66. The lowest BCUT2D eigenvalue weighted by molar-refractivity contribution is 0.0892. The van der Waals surface area contributed by atoms with Gasteiger partial charge in [-0.05, 0) is 19.1 Å². The van der Waals surface area contributed by atoms with Crippen LogP contribution in [-0.4, -0.2) is 17.1 Å². The Hall–Kier alpha value is -2.35. The standard InChI is InChI=1S/C15H13F4NO3/c1-7(5-10(21)11-3-2-4-23-11)20-15(22)12-13(18)8(16)6-9(17)14(12)19/h2-4,6-7,10,21H,5H2,1H3,(H,20,22). The van der Waals surface area contributed by atoms with E-state index in [-0.39, 0.29) is 18.2 Å². The maximum absolute atomic E-state index is 13.5. The van der Waals surface area contributed by atoms with Crippen LogP contribution in [0.5, 0.6) is 0 Å². The predicted molar refractivity (Wildman–Crippen MR) is 71.5 cm³/mol. The van der Waals surface area contributed by atoms with Crippen LogP contribution < -0.4 is 5.32 Å². The van der Waals surface area contributed by atoms with Crippen molar-refractivity contribution < 1.29 is 31.9 Å². The summed E-state index contributed by atoms with van der Waals surface area (Å²) in [5.74, 6) is -7.96. The number of carbonyl (C=O) groups excluding carboxylic acids is 1. The first kappa shape index (κ1) is 17.0. The maximum Gasteiger partial charge on any atom is 0.257 e. The monoisotopic (exact) mass is 331 g/mol. The maximum atomic E-state index is 13.5. The molecule has 0 aliphatic carbocycles. The average Bonchev–Trinajstić information content (AvgIpc) is 2.99. The van der Waals surface area contributed by atoms with Crippen molar-refractivity contribution in [1.82, 2.24) is 5.32 Å². The molecular formula is C15H13F4NO3. The van der Waals surface area contributed by atoms with Crippen molar-refractivity contribution in [3.63, 3.8) is 0 Å². The third-order valence-electron chi connectivity index (χ3n) is 3.16. The number of hydrogen-bond acceptors (Lipinski definition) is 3. The highest BCUT2D eigenvalue weighted by molar-refractivity contribution is 5.95. The van der Waals surface area contributed by atoms with Crippen LogP contribution in [0.2, 0.25) is 0 Å². The van der Waals surface area contributed by atoms with E-state index in [1.807, 2.05) is 0 Å². The molecule has 23 heavy (non-hydrogen) atoms. The fraction of sp³-hybridized carbons (Fsp3) is 0.267. The molecule has 2 rings (SSSR count). The summed E-state index contributed by atoms with van der Waals surface area (Å²) in [5, 5.41) is 12.0. The average molecular weight is 331 g/mol. The first-order chi connectivity index (χ1) is 10.8. The number of halogens is 4. The van der Waals surface area contributed by atoms with Crippen LogP contribution in [-0.2, 0) is 0 Å². The summed E-state index contributed by atoms with van der Waals surface area (Å²) in [7, 11) is 0. The highest BCUT2D eigenvalue weighted by atomic mass is 19.2. The van der Waals surface area contributed by atoms with Crippen molar-refractivity contribution in [3.05, 3.63) is 59.1 Å². The van der Waals surface area contributed by atoms with Gasteiger partial charge >= 0.3 is 0 Å². The van der Waals surface area contributed by atoms with E-state index in [0.29, 0.717) is 0 Å². The van der Waals surface area contributed by atoms with Crippen molar-refractivity contribution in [2.75, 3.05) is 0 Å². The molecule has 2 N–H and O–H groups in total. The van der Waals surface area contributed by atoms with Crippen molar-refractivity contribution in [3.8, 4) is 0 Å². The van der Waals surface area contributed by atoms with Gasteiger partial charge in [-0.2, -0.15) is 0 Å². The molecule has 0 radical (unpaired) electrons. The lowest BCUT2D eigenvalue weighted by Gasteiger charge is -2.17. The van der Waals surface area contributed by atoms with Crippen LogP contribution in [0.1, 0.15) is 35.6 Å². The zero-order valence-electron chi connectivity index (χ0n) is 11.9. The molecule has 1 aromatic carbocycles. The van der Waals surface area contributed by atoms with Crippen LogP contribution in [0.15, 0.2) is 28.9 Å². The van der Waals surface area contributed by atoms with E-state index >= 15 is 0 Å². The van der Waals surface area contributed by atoms with Crippen LogP contribution in [0.25, 0.3) is 0 Å². The Bertz CT molecular complexity index is 677. The van der Waals surface area contributed by atoms with Crippen molar-refractivity contribution >= 4 is 5.91 Å². The second kappa shape index (κ2) is 6.82. The Morgan fingerprint density at radius 2 is 1.87 bits per heavy atom. The fourth-order valence-corrected chi connectivity index (χ4v) is 2.06. The second-order valence-electron chi connectivity index (χ2n) is 4.98. The number of aliphatic hydroxyl groups is 1. The summed E-state index contributed by atoms with van der Waals surface area (Å²) in [4.78, 5) is 11.8. The van der Waals surface area contributed by atoms with E-state index in [1.54, 1.807) is 6.07 Å². The minimum absolute atomic E-state index is 0.0194. The molecule has 2 aromatic rings. The molecule has 8 heteroatoms. The summed E-state index contributed by atoms with van der Waals surface area (Å²) >= 11 is 0. The van der Waals surface area contributed by atoms with E-state index in [4.69, 9.17) is 4.42 Å². The van der Waals surface area contributed by atoms with Gasteiger partial charge in [-0.1, -0.05) is 0 Å². The first-order valence-electron chi connectivity index (χ1n) is 6.66. The number of furan rings is 1. The van der Waals surface area contributed by atoms with Gasteiger partial charge in [-0.25, -0.2) is 17.6 Å². The molecular weight excluding hydrogens is 318 g/mol. The minimum atomic E-state index is -1.78. The Labute approximate surface area is 128 Å². The molecule has 1 aromatic heterocycles. The highest BCUT2D eigenvalue weighted by Crippen LogP contribution is 2.21. The van der Waals surface area contributed by atoms with Crippen LogP contribution in [0, 0.1) is 23.3 Å². The van der Waals surface area contributed by atoms with E-state index in [0.717, 1.165) is 0 Å². The zero-order chi connectivity index (χ0) is 17.1. The quantitative estimate of drug-likeness (QED) is 0.654. The molecule has 2 atom stereocenters. The summed E-state index contributed by atoms with van der Waals surface area (Å²) in [6, 6.07) is 2.35. The largest absolute Gasteiger partial charge is 0.467 e. The Kier molecular flexibility index (Phi) is 5.05. The zero-order valence-corrected chi connectivity index (χ0v) is 11.9. The summed E-state index contributed by atoms with van der Waals surface area (Å²) in [6.45, 7) is 1.45. The van der Waals surface area contributed by atoms with Gasteiger partial charge in [-0.15, -0.1) is 0 Å². The summed E-state index contributed by atoms with van der Waals surface area (Å²) in [5.41, 5.74) is -1.35. The van der Waals surface area contributed by atoms with Gasteiger partial charge in [0.15, 0.2) is 23.3 Å². The number of carbonyl (C=O) groups is 1. The van der Waals surface area contributed by atoms with Crippen molar-refractivity contribution in [2.24, 2.45) is 0 Å². The molecule has 0 fully saturated rings. The smallest absolute Gasteiger partial charge is 0.257 e. The van der Waals surface area contributed by atoms with E-state index in [1.165, 1.54) is 19.3 Å². The predicted octanol–water partition coefficient (Wildman–Crippen LogP) is 3.08. The van der Waals surface area contributed by atoms with Gasteiger partial charge in [0.25, 0.3) is 5.91 Å². The molecule has 124 valence electrons. The number of nitrogens with one attached hydrogen (secondary N) is 1. The number of rotatable bonds is 5. The van der Waals surface area contributed by atoms with Gasteiger partial charge in [0.1, 0.15) is 17.4 Å². The number of hydrogen-bond donors (Lipinski definition) is 2. The van der Waals surface area contributed by atoms with Crippen LogP contribution >= 0.6 is 0 Å². The molecule has 1 heterocycles. The lowest BCUT2D eigenvalue weighted by Crippen LogP contribution is -2.35. The Balaban J connectivity index is 2.10. The van der Waals surface area contributed by atoms with E-state index in [9.17, 15) is 27.5 Å². The number of aliphatic hydroxyl groups excluding tert-OH is 1. The second-order valence-corrected chi connectivity index (χ2v) is 4.98. The normalized spacial score (nSPS) is 13.7. The van der Waals surface area contributed by atoms with E-state index in [2.05, 4.69) is 5.32 Å². The molecule has 0 spiro atoms. The number of benzene rings is 1. The third kappa shape index (κ3) is 3.70. The lowest BCUT2D eigenvalue weighted by atomic mass is 10.1. The number of amides is 1. The van der Waals surface area contributed by atoms with Crippen molar-refractivity contribution in [1.29, 1.82) is 0 Å². The fourth-order valence-electron chi connectivity index (χ4n) is 2.06. The van der Waals surface area contributed by atoms with Crippen LogP contribution in [0.4, 0.5) is 17.6 Å². The van der Waals surface area contributed by atoms with Gasteiger partial charge in [0, 0.05) is 18.5 Å². The van der Waals surface area contributed by atoms with E-state index < -0.39 is 46.9 Å². The Morgan fingerprint density at radius 3 is 2.39 bits per heavy atom. The molecule has 2 unspecified atom stereocenters. The van der Waals surface area contributed by atoms with Gasteiger partial charge < -0.3 is 14.8 Å². The van der Waals surface area contributed by atoms with Crippen molar-refractivity contribution in [2.45, 2.75) is 25.5 Å². The molecule has 0 aliphatic rings. The summed E-state index contributed by atoms with van der Waals surface area (Å²) in [6.07, 6.45) is 0.266. The molecule has 0 saturated carbocycles. The topological polar surface area (TPSA) is 62.5 Å². The molecule has 0 aliphatic heterocycles. The Morgan fingerprint density at radius 1 is 1.26 bits per heavy atom. The van der Waals surface area contributed by atoms with Gasteiger partial charge in [0.2, 0.25) is 0 Å². The molecule has 4 nitrogen and oxygen atoms in total. The molecule has 0 bridgehead atoms.